The molecule has 0 saturated carbocycles. The third kappa shape index (κ3) is 5.13. The fourth-order valence-corrected chi connectivity index (χ4v) is 2.80. The van der Waals surface area contributed by atoms with Gasteiger partial charge in [0.25, 0.3) is 0 Å². The molecule has 0 spiro atoms. The Hall–Kier alpha value is -2.30. The van der Waals surface area contributed by atoms with Gasteiger partial charge in [0.2, 0.25) is 5.91 Å². The molecule has 5 heteroatoms. The predicted octanol–water partition coefficient (Wildman–Crippen LogP) is 2.41. The number of rotatable bonds is 8. The van der Waals surface area contributed by atoms with Gasteiger partial charge in [0.15, 0.2) is 0 Å². The largest absolute Gasteiger partial charge is 0.496 e. The highest BCUT2D eigenvalue weighted by Crippen LogP contribution is 2.22. The normalized spacial score (nSPS) is 17.7. The second-order valence-electron chi connectivity index (χ2n) is 5.82. The van der Waals surface area contributed by atoms with Crippen molar-refractivity contribution in [3.8, 4) is 5.75 Å². The molecule has 1 aliphatic rings. The first-order valence-corrected chi connectivity index (χ1v) is 7.88. The number of nitrogens with one attached hydrogen (secondary N) is 1. The summed E-state index contributed by atoms with van der Waals surface area (Å²) in [6, 6.07) is 7.34. The molecule has 0 radical (unpaired) electrons. The SMILES string of the molecule is COc1ccccc1CC(CNC(=O)CC1C=CCC1)C(=O)O. The van der Waals surface area contributed by atoms with Crippen molar-refractivity contribution < 1.29 is 19.4 Å². The van der Waals surface area contributed by atoms with Crippen LogP contribution in [0.5, 0.6) is 5.75 Å². The van der Waals surface area contributed by atoms with Gasteiger partial charge in [-0.05, 0) is 36.8 Å². The Balaban J connectivity index is 1.89. The molecule has 2 N–H and O–H groups in total. The van der Waals surface area contributed by atoms with Crippen LogP contribution in [0.4, 0.5) is 0 Å². The first-order chi connectivity index (χ1) is 11.1. The van der Waals surface area contributed by atoms with Crippen molar-refractivity contribution in [2.75, 3.05) is 13.7 Å². The van der Waals surface area contributed by atoms with Gasteiger partial charge in [-0.2, -0.15) is 0 Å². The number of aliphatic carboxylic acids is 1. The fourth-order valence-electron chi connectivity index (χ4n) is 2.80. The second kappa shape index (κ2) is 8.36. The molecular weight excluding hydrogens is 294 g/mol. The van der Waals surface area contributed by atoms with E-state index in [0.717, 1.165) is 18.4 Å². The molecule has 2 atom stereocenters. The average molecular weight is 317 g/mol. The molecule has 1 amide bonds. The number of carbonyl (C=O) groups excluding carboxylic acids is 1. The number of allylic oxidation sites excluding steroid dienone is 2. The molecule has 0 aliphatic heterocycles. The van der Waals surface area contributed by atoms with E-state index in [4.69, 9.17) is 4.74 Å². The zero-order chi connectivity index (χ0) is 16.7. The highest BCUT2D eigenvalue weighted by atomic mass is 16.5. The Morgan fingerprint density at radius 2 is 2.17 bits per heavy atom. The van der Waals surface area contributed by atoms with Crippen molar-refractivity contribution >= 4 is 11.9 Å². The number of hydrogen-bond acceptors (Lipinski definition) is 3. The van der Waals surface area contributed by atoms with Gasteiger partial charge in [0.1, 0.15) is 5.75 Å². The van der Waals surface area contributed by atoms with Gasteiger partial charge >= 0.3 is 5.97 Å². The lowest BCUT2D eigenvalue weighted by Gasteiger charge is -2.16. The Bertz CT molecular complexity index is 582. The van der Waals surface area contributed by atoms with E-state index in [1.165, 1.54) is 0 Å². The predicted molar refractivity (Wildman–Crippen MR) is 87.3 cm³/mol. The van der Waals surface area contributed by atoms with Crippen LogP contribution < -0.4 is 10.1 Å². The highest BCUT2D eigenvalue weighted by molar-refractivity contribution is 5.78. The Kier molecular flexibility index (Phi) is 6.20. The van der Waals surface area contributed by atoms with Crippen LogP contribution in [0.25, 0.3) is 0 Å². The minimum absolute atomic E-state index is 0.0900. The van der Waals surface area contributed by atoms with Crippen molar-refractivity contribution in [1.29, 1.82) is 0 Å². The average Bonchev–Trinajstić information content (AvgIpc) is 3.04. The van der Waals surface area contributed by atoms with Crippen LogP contribution in [0, 0.1) is 11.8 Å². The minimum atomic E-state index is -0.919. The Morgan fingerprint density at radius 1 is 1.39 bits per heavy atom. The third-order valence-electron chi connectivity index (χ3n) is 4.11. The van der Waals surface area contributed by atoms with E-state index in [9.17, 15) is 14.7 Å². The molecule has 0 saturated heterocycles. The van der Waals surface area contributed by atoms with Gasteiger partial charge in [-0.3, -0.25) is 9.59 Å². The number of amides is 1. The molecule has 1 aliphatic carbocycles. The van der Waals surface area contributed by atoms with Crippen LogP contribution in [-0.2, 0) is 16.0 Å². The standard InChI is InChI=1S/C18H23NO4/c1-23-16-9-5-4-8-14(16)11-15(18(21)22)12-19-17(20)10-13-6-2-3-7-13/h2,4-6,8-9,13,15H,3,7,10-12H2,1H3,(H,19,20)(H,21,22). The molecular formula is C18H23NO4. The van der Waals surface area contributed by atoms with Crippen molar-refractivity contribution in [1.82, 2.24) is 5.32 Å². The monoisotopic (exact) mass is 317 g/mol. The summed E-state index contributed by atoms with van der Waals surface area (Å²) >= 11 is 0. The molecule has 0 bridgehead atoms. The molecule has 0 fully saturated rings. The molecule has 0 heterocycles. The summed E-state index contributed by atoms with van der Waals surface area (Å²) in [4.78, 5) is 23.4. The van der Waals surface area contributed by atoms with Crippen LogP contribution in [-0.4, -0.2) is 30.6 Å². The quantitative estimate of drug-likeness (QED) is 0.722. The summed E-state index contributed by atoms with van der Waals surface area (Å²) in [7, 11) is 1.56. The van der Waals surface area contributed by atoms with E-state index in [1.54, 1.807) is 13.2 Å². The molecule has 2 rings (SSSR count). The number of methoxy groups -OCH3 is 1. The van der Waals surface area contributed by atoms with Crippen molar-refractivity contribution in [2.24, 2.45) is 11.8 Å². The van der Waals surface area contributed by atoms with Crippen LogP contribution >= 0.6 is 0 Å². The van der Waals surface area contributed by atoms with Crippen LogP contribution in [0.3, 0.4) is 0 Å². The maximum atomic E-state index is 11.9. The maximum Gasteiger partial charge on any atom is 0.308 e. The number of carboxylic acid groups (broad SMARTS) is 1. The summed E-state index contributed by atoms with van der Waals surface area (Å²) < 4.78 is 5.25. The molecule has 1 aromatic carbocycles. The Labute approximate surface area is 136 Å². The van der Waals surface area contributed by atoms with Gasteiger partial charge in [-0.1, -0.05) is 30.4 Å². The number of benzene rings is 1. The summed E-state index contributed by atoms with van der Waals surface area (Å²) in [5, 5.41) is 12.1. The molecule has 1 aromatic rings. The van der Waals surface area contributed by atoms with Crippen LogP contribution in [0.15, 0.2) is 36.4 Å². The first kappa shape index (κ1) is 17.1. The van der Waals surface area contributed by atoms with Crippen molar-refractivity contribution in [3.05, 3.63) is 42.0 Å². The van der Waals surface area contributed by atoms with Crippen molar-refractivity contribution in [2.45, 2.75) is 25.7 Å². The number of carbonyl (C=O) groups is 2. The van der Waals surface area contributed by atoms with Crippen molar-refractivity contribution in [3.63, 3.8) is 0 Å². The summed E-state index contributed by atoms with van der Waals surface area (Å²) in [6.45, 7) is 0.128. The second-order valence-corrected chi connectivity index (χ2v) is 5.82. The van der Waals surface area contributed by atoms with Gasteiger partial charge in [0.05, 0.1) is 13.0 Å². The number of ether oxygens (including phenoxy) is 1. The third-order valence-corrected chi connectivity index (χ3v) is 4.11. The first-order valence-electron chi connectivity index (χ1n) is 7.88. The van der Waals surface area contributed by atoms with Gasteiger partial charge in [-0.25, -0.2) is 0 Å². The van der Waals surface area contributed by atoms with Crippen LogP contribution in [0.1, 0.15) is 24.8 Å². The maximum absolute atomic E-state index is 11.9. The number of hydrogen-bond donors (Lipinski definition) is 2. The summed E-state index contributed by atoms with van der Waals surface area (Å²) in [5.41, 5.74) is 0.829. The zero-order valence-electron chi connectivity index (χ0n) is 13.3. The number of para-hydroxylation sites is 1. The molecule has 23 heavy (non-hydrogen) atoms. The lowest BCUT2D eigenvalue weighted by molar-refractivity contribution is -0.141. The fraction of sp³-hybridized carbons (Fsp3) is 0.444. The molecule has 0 aromatic heterocycles. The molecule has 124 valence electrons. The lowest BCUT2D eigenvalue weighted by Crippen LogP contribution is -2.34. The van der Waals surface area contributed by atoms with E-state index in [1.807, 2.05) is 18.2 Å². The van der Waals surface area contributed by atoms with Crippen LogP contribution in [0.2, 0.25) is 0 Å². The van der Waals surface area contributed by atoms with E-state index in [-0.39, 0.29) is 18.4 Å². The topological polar surface area (TPSA) is 75.6 Å². The highest BCUT2D eigenvalue weighted by Gasteiger charge is 2.21. The lowest BCUT2D eigenvalue weighted by atomic mass is 9.98. The molecule has 5 nitrogen and oxygen atoms in total. The smallest absolute Gasteiger partial charge is 0.308 e. The Morgan fingerprint density at radius 3 is 2.83 bits per heavy atom. The molecule has 2 unspecified atom stereocenters. The van der Waals surface area contributed by atoms with E-state index < -0.39 is 11.9 Å². The minimum Gasteiger partial charge on any atom is -0.496 e. The summed E-state index contributed by atoms with van der Waals surface area (Å²) in [6.07, 6.45) is 6.91. The van der Waals surface area contributed by atoms with Gasteiger partial charge < -0.3 is 15.2 Å². The summed E-state index contributed by atoms with van der Waals surface area (Å²) in [5.74, 6) is -0.729. The van der Waals surface area contributed by atoms with E-state index in [2.05, 4.69) is 17.5 Å². The number of carboxylic acids is 1. The van der Waals surface area contributed by atoms with E-state index >= 15 is 0 Å². The van der Waals surface area contributed by atoms with Gasteiger partial charge in [-0.15, -0.1) is 0 Å². The zero-order valence-corrected chi connectivity index (χ0v) is 13.3. The van der Waals surface area contributed by atoms with Gasteiger partial charge in [0, 0.05) is 13.0 Å². The van der Waals surface area contributed by atoms with E-state index in [0.29, 0.717) is 18.6 Å².